The molecule has 2 N–H and O–H groups in total. The Hall–Kier alpha value is -1.79. The summed E-state index contributed by atoms with van der Waals surface area (Å²) >= 11 is 0. The average Bonchev–Trinajstić information content (AvgIpc) is 2.54. The fraction of sp³-hybridized carbons (Fsp3) is 0.562. The predicted molar refractivity (Wildman–Crippen MR) is 80.7 cm³/mol. The number of benzene rings is 1. The second-order valence-corrected chi connectivity index (χ2v) is 5.51. The smallest absolute Gasteiger partial charge is 0.410 e. The highest BCUT2D eigenvalue weighted by Crippen LogP contribution is 2.27. The molecule has 1 fully saturated rings. The Balaban J connectivity index is 1.96. The summed E-state index contributed by atoms with van der Waals surface area (Å²) in [5.41, 5.74) is 1.01. The van der Waals surface area contributed by atoms with Gasteiger partial charge in [-0.05, 0) is 24.6 Å². The minimum Gasteiger partial charge on any atom is -0.497 e. The van der Waals surface area contributed by atoms with Crippen LogP contribution in [0, 0.1) is 0 Å². The first-order chi connectivity index (χ1) is 10.5. The molecular weight excluding hydrogens is 286 g/mol. The van der Waals surface area contributed by atoms with Crippen molar-refractivity contribution in [1.29, 1.82) is 0 Å². The van der Waals surface area contributed by atoms with Gasteiger partial charge in [-0.15, -0.1) is 0 Å². The average molecular weight is 309 g/mol. The molecule has 6 heteroatoms. The van der Waals surface area contributed by atoms with E-state index in [2.05, 4.69) is 0 Å². The highest BCUT2D eigenvalue weighted by Gasteiger charge is 2.31. The lowest BCUT2D eigenvalue weighted by Gasteiger charge is -2.36. The molecule has 0 aliphatic carbocycles. The fourth-order valence-corrected chi connectivity index (χ4v) is 2.60. The molecule has 3 atom stereocenters. The Morgan fingerprint density at radius 2 is 2.09 bits per heavy atom. The van der Waals surface area contributed by atoms with Gasteiger partial charge in [0.1, 0.15) is 11.9 Å². The monoisotopic (exact) mass is 309 g/mol. The molecule has 6 nitrogen and oxygen atoms in total. The van der Waals surface area contributed by atoms with Crippen LogP contribution in [0.15, 0.2) is 24.3 Å². The van der Waals surface area contributed by atoms with Crippen LogP contribution < -0.4 is 4.74 Å². The van der Waals surface area contributed by atoms with Crippen molar-refractivity contribution in [3.8, 4) is 5.75 Å². The fourth-order valence-electron chi connectivity index (χ4n) is 2.60. The molecular formula is C16H23NO5. The van der Waals surface area contributed by atoms with Crippen molar-refractivity contribution in [3.63, 3.8) is 0 Å². The van der Waals surface area contributed by atoms with Gasteiger partial charge in [-0.1, -0.05) is 12.1 Å². The number of aliphatic hydroxyl groups is 2. The van der Waals surface area contributed by atoms with Crippen LogP contribution in [0.5, 0.6) is 5.75 Å². The molecule has 0 radical (unpaired) electrons. The number of hydrogen-bond donors (Lipinski definition) is 2. The number of aliphatic hydroxyl groups excluding tert-OH is 2. The van der Waals surface area contributed by atoms with Crippen molar-refractivity contribution in [2.75, 3.05) is 20.3 Å². The van der Waals surface area contributed by atoms with Crippen LogP contribution in [0.25, 0.3) is 0 Å². The minimum atomic E-state index is -0.844. The van der Waals surface area contributed by atoms with Crippen molar-refractivity contribution < 1.29 is 24.5 Å². The summed E-state index contributed by atoms with van der Waals surface area (Å²) in [6.45, 7) is 2.20. The van der Waals surface area contributed by atoms with Gasteiger partial charge >= 0.3 is 6.09 Å². The number of ether oxygens (including phenoxy) is 2. The SMILES string of the molecule is COc1ccc(C(C)N2CCC(CC(O)CO)OC2=O)cc1. The Labute approximate surface area is 130 Å². The number of amides is 1. The van der Waals surface area contributed by atoms with Crippen molar-refractivity contribution in [2.24, 2.45) is 0 Å². The molecule has 2 rings (SSSR count). The quantitative estimate of drug-likeness (QED) is 0.836. The number of hydrogen-bond acceptors (Lipinski definition) is 5. The Morgan fingerprint density at radius 3 is 2.64 bits per heavy atom. The topological polar surface area (TPSA) is 79.2 Å². The Bertz CT molecular complexity index is 490. The van der Waals surface area contributed by atoms with Gasteiger partial charge in [-0.3, -0.25) is 0 Å². The highest BCUT2D eigenvalue weighted by atomic mass is 16.6. The molecule has 3 unspecified atom stereocenters. The first-order valence-electron chi connectivity index (χ1n) is 7.45. The van der Waals surface area contributed by atoms with Gasteiger partial charge < -0.3 is 24.6 Å². The van der Waals surface area contributed by atoms with E-state index in [4.69, 9.17) is 14.6 Å². The zero-order chi connectivity index (χ0) is 16.1. The lowest BCUT2D eigenvalue weighted by atomic mass is 10.0. The van der Waals surface area contributed by atoms with Gasteiger partial charge in [0.25, 0.3) is 0 Å². The largest absolute Gasteiger partial charge is 0.497 e. The van der Waals surface area contributed by atoms with E-state index in [1.807, 2.05) is 31.2 Å². The molecule has 1 saturated heterocycles. The van der Waals surface area contributed by atoms with Crippen molar-refractivity contribution in [3.05, 3.63) is 29.8 Å². The van der Waals surface area contributed by atoms with Crippen LogP contribution in [0.2, 0.25) is 0 Å². The van der Waals surface area contributed by atoms with Crippen LogP contribution in [0.1, 0.15) is 31.4 Å². The lowest BCUT2D eigenvalue weighted by Crippen LogP contribution is -2.44. The predicted octanol–water partition coefficient (Wildman–Crippen LogP) is 1.71. The van der Waals surface area contributed by atoms with E-state index in [-0.39, 0.29) is 31.3 Å². The maximum atomic E-state index is 12.1. The number of carbonyl (C=O) groups is 1. The van der Waals surface area contributed by atoms with Gasteiger partial charge in [0.05, 0.1) is 25.9 Å². The van der Waals surface area contributed by atoms with E-state index < -0.39 is 6.10 Å². The normalized spacial score (nSPS) is 21.2. The van der Waals surface area contributed by atoms with E-state index in [1.165, 1.54) is 0 Å². The molecule has 1 heterocycles. The Morgan fingerprint density at radius 1 is 1.41 bits per heavy atom. The summed E-state index contributed by atoms with van der Waals surface area (Å²) in [6.07, 6.45) is -0.655. The van der Waals surface area contributed by atoms with E-state index in [0.29, 0.717) is 13.0 Å². The zero-order valence-electron chi connectivity index (χ0n) is 12.9. The first kappa shape index (κ1) is 16.6. The Kier molecular flexibility index (Phi) is 5.63. The third-order valence-electron chi connectivity index (χ3n) is 4.01. The molecule has 1 aliphatic rings. The third kappa shape index (κ3) is 3.90. The van der Waals surface area contributed by atoms with Crippen LogP contribution >= 0.6 is 0 Å². The summed E-state index contributed by atoms with van der Waals surface area (Å²) in [4.78, 5) is 13.8. The minimum absolute atomic E-state index is 0.0953. The second-order valence-electron chi connectivity index (χ2n) is 5.51. The van der Waals surface area contributed by atoms with Crippen molar-refractivity contribution in [1.82, 2.24) is 4.90 Å². The van der Waals surface area contributed by atoms with E-state index in [9.17, 15) is 9.90 Å². The summed E-state index contributed by atoms with van der Waals surface area (Å²) < 4.78 is 10.5. The van der Waals surface area contributed by atoms with Crippen LogP contribution in [-0.4, -0.2) is 53.7 Å². The molecule has 1 aliphatic heterocycles. The maximum absolute atomic E-state index is 12.1. The van der Waals surface area contributed by atoms with E-state index in [1.54, 1.807) is 12.0 Å². The summed E-state index contributed by atoms with van der Waals surface area (Å²) in [5, 5.41) is 18.3. The van der Waals surface area contributed by atoms with Gasteiger partial charge in [-0.2, -0.15) is 0 Å². The number of cyclic esters (lactones) is 1. The molecule has 1 amide bonds. The molecule has 0 aromatic heterocycles. The summed E-state index contributed by atoms with van der Waals surface area (Å²) in [7, 11) is 1.61. The number of methoxy groups -OCH3 is 1. The maximum Gasteiger partial charge on any atom is 0.410 e. The van der Waals surface area contributed by atoms with Crippen molar-refractivity contribution in [2.45, 2.75) is 38.0 Å². The van der Waals surface area contributed by atoms with E-state index in [0.717, 1.165) is 11.3 Å². The zero-order valence-corrected chi connectivity index (χ0v) is 12.9. The molecule has 0 spiro atoms. The van der Waals surface area contributed by atoms with Gasteiger partial charge in [0.15, 0.2) is 0 Å². The van der Waals surface area contributed by atoms with Crippen LogP contribution in [0.4, 0.5) is 4.79 Å². The number of nitrogens with zero attached hydrogens (tertiary/aromatic N) is 1. The number of rotatable bonds is 6. The van der Waals surface area contributed by atoms with Crippen LogP contribution in [0.3, 0.4) is 0 Å². The molecule has 1 aromatic rings. The van der Waals surface area contributed by atoms with Gasteiger partial charge in [0, 0.05) is 19.4 Å². The van der Waals surface area contributed by atoms with E-state index >= 15 is 0 Å². The van der Waals surface area contributed by atoms with Gasteiger partial charge in [-0.25, -0.2) is 4.79 Å². The third-order valence-corrected chi connectivity index (χ3v) is 4.01. The molecule has 0 saturated carbocycles. The summed E-state index contributed by atoms with van der Waals surface area (Å²) in [6, 6.07) is 7.49. The summed E-state index contributed by atoms with van der Waals surface area (Å²) in [5.74, 6) is 0.773. The van der Waals surface area contributed by atoms with Gasteiger partial charge in [0.2, 0.25) is 0 Å². The molecule has 22 heavy (non-hydrogen) atoms. The van der Waals surface area contributed by atoms with Crippen molar-refractivity contribution >= 4 is 6.09 Å². The lowest BCUT2D eigenvalue weighted by molar-refractivity contribution is -0.0178. The first-order valence-corrected chi connectivity index (χ1v) is 7.45. The van der Waals surface area contributed by atoms with Crippen LogP contribution in [-0.2, 0) is 4.74 Å². The number of carbonyl (C=O) groups excluding carboxylic acids is 1. The molecule has 0 bridgehead atoms. The highest BCUT2D eigenvalue weighted by molar-refractivity contribution is 5.69. The second kappa shape index (κ2) is 7.47. The standard InChI is InChI=1S/C16H23NO5/c1-11(12-3-5-14(21-2)6-4-12)17-8-7-15(22-16(17)20)9-13(19)10-18/h3-6,11,13,15,18-19H,7-10H2,1-2H3. The molecule has 122 valence electrons. The molecule has 1 aromatic carbocycles.